The molecule has 0 spiro atoms. The normalized spacial score (nSPS) is 16.8. The molecule has 0 heterocycles. The van der Waals surface area contributed by atoms with Crippen molar-refractivity contribution in [3.8, 4) is 0 Å². The Morgan fingerprint density at radius 1 is 1.54 bits per heavy atom. The van der Waals surface area contributed by atoms with Gasteiger partial charge in [0.15, 0.2) is 0 Å². The van der Waals surface area contributed by atoms with Gasteiger partial charge in [0.25, 0.3) is 0 Å². The average molecular weight is 184 g/mol. The van der Waals surface area contributed by atoms with Crippen LogP contribution in [0, 0.1) is 5.92 Å². The summed E-state index contributed by atoms with van der Waals surface area (Å²) in [4.78, 5) is 10.3. The number of carbonyl (C=O) groups excluding carboxylic acids is 1. The first-order chi connectivity index (χ1) is 6.11. The van der Waals surface area contributed by atoms with Crippen molar-refractivity contribution in [1.29, 1.82) is 0 Å². The van der Waals surface area contributed by atoms with Gasteiger partial charge in [-0.3, -0.25) is 4.79 Å². The number of allylic oxidation sites excluding steroid dienone is 1. The van der Waals surface area contributed by atoms with Crippen molar-refractivity contribution in [1.82, 2.24) is 0 Å². The number of aliphatic hydroxyl groups excluding tert-OH is 1. The molecule has 0 aliphatic rings. The fourth-order valence-corrected chi connectivity index (χ4v) is 1.23. The highest BCUT2D eigenvalue weighted by atomic mass is 16.3. The van der Waals surface area contributed by atoms with E-state index in [0.29, 0.717) is 17.9 Å². The molecule has 0 aliphatic heterocycles. The molecule has 13 heavy (non-hydrogen) atoms. The maximum atomic E-state index is 10.3. The van der Waals surface area contributed by atoms with E-state index in [0.717, 1.165) is 19.1 Å². The van der Waals surface area contributed by atoms with Crippen LogP contribution in [0.3, 0.4) is 0 Å². The summed E-state index contributed by atoms with van der Waals surface area (Å²) in [6.07, 6.45) is 5.02. The molecule has 2 unspecified atom stereocenters. The SMILES string of the molecule is CCCC(C)C(O)C/C=C(\C)C=O. The first-order valence-electron chi connectivity index (χ1n) is 4.91. The number of carbonyl (C=O) groups is 1. The lowest BCUT2D eigenvalue weighted by Crippen LogP contribution is -2.16. The minimum Gasteiger partial charge on any atom is -0.393 e. The fraction of sp³-hybridized carbons (Fsp3) is 0.727. The second kappa shape index (κ2) is 6.84. The second-order valence-electron chi connectivity index (χ2n) is 3.64. The topological polar surface area (TPSA) is 37.3 Å². The van der Waals surface area contributed by atoms with E-state index in [-0.39, 0.29) is 6.10 Å². The Morgan fingerprint density at radius 2 is 2.15 bits per heavy atom. The lowest BCUT2D eigenvalue weighted by Gasteiger charge is -2.16. The third-order valence-corrected chi connectivity index (χ3v) is 2.27. The number of hydrogen-bond acceptors (Lipinski definition) is 2. The molecule has 2 heteroatoms. The molecule has 2 atom stereocenters. The van der Waals surface area contributed by atoms with Crippen molar-refractivity contribution in [3.05, 3.63) is 11.6 Å². The first-order valence-corrected chi connectivity index (χ1v) is 4.91. The van der Waals surface area contributed by atoms with E-state index in [1.165, 1.54) is 0 Å². The lowest BCUT2D eigenvalue weighted by molar-refractivity contribution is -0.104. The molecule has 0 fully saturated rings. The lowest BCUT2D eigenvalue weighted by atomic mass is 9.96. The van der Waals surface area contributed by atoms with Gasteiger partial charge in [-0.05, 0) is 31.3 Å². The molecule has 2 nitrogen and oxygen atoms in total. The van der Waals surface area contributed by atoms with Gasteiger partial charge in [0.1, 0.15) is 6.29 Å². The average Bonchev–Trinajstić information content (AvgIpc) is 2.13. The maximum Gasteiger partial charge on any atom is 0.145 e. The van der Waals surface area contributed by atoms with Crippen LogP contribution in [-0.2, 0) is 4.79 Å². The number of aldehydes is 1. The molecule has 0 aliphatic carbocycles. The van der Waals surface area contributed by atoms with E-state index in [2.05, 4.69) is 6.92 Å². The maximum absolute atomic E-state index is 10.3. The molecule has 0 rings (SSSR count). The van der Waals surface area contributed by atoms with Crippen molar-refractivity contribution >= 4 is 6.29 Å². The Balaban J connectivity index is 3.85. The Kier molecular flexibility index (Phi) is 6.51. The molecule has 0 saturated heterocycles. The van der Waals surface area contributed by atoms with E-state index in [1.807, 2.05) is 6.92 Å². The van der Waals surface area contributed by atoms with Gasteiger partial charge in [-0.25, -0.2) is 0 Å². The van der Waals surface area contributed by atoms with Crippen molar-refractivity contribution in [3.63, 3.8) is 0 Å². The predicted octanol–water partition coefficient (Wildman–Crippen LogP) is 2.32. The number of aliphatic hydroxyl groups is 1. The molecule has 0 aromatic rings. The van der Waals surface area contributed by atoms with Crippen LogP contribution in [0.5, 0.6) is 0 Å². The zero-order chi connectivity index (χ0) is 10.3. The molecule has 0 radical (unpaired) electrons. The van der Waals surface area contributed by atoms with Gasteiger partial charge in [-0.2, -0.15) is 0 Å². The molecule has 0 bridgehead atoms. The molecule has 1 N–H and O–H groups in total. The molecular weight excluding hydrogens is 164 g/mol. The minimum atomic E-state index is -0.310. The molecular formula is C11H20O2. The van der Waals surface area contributed by atoms with Gasteiger partial charge in [0.05, 0.1) is 6.10 Å². The van der Waals surface area contributed by atoms with Crippen LogP contribution in [0.25, 0.3) is 0 Å². The molecule has 0 amide bonds. The Labute approximate surface area is 80.7 Å². The summed E-state index contributed by atoms with van der Waals surface area (Å²) >= 11 is 0. The van der Waals surface area contributed by atoms with Crippen LogP contribution >= 0.6 is 0 Å². The minimum absolute atomic E-state index is 0.310. The van der Waals surface area contributed by atoms with Crippen LogP contribution < -0.4 is 0 Å². The van der Waals surface area contributed by atoms with Gasteiger partial charge in [0, 0.05) is 0 Å². The highest BCUT2D eigenvalue weighted by molar-refractivity contribution is 5.71. The standard InChI is InChI=1S/C11H20O2/c1-4-5-10(3)11(13)7-6-9(2)8-12/h6,8,10-11,13H,4-5,7H2,1-3H3/b9-6+. The Bertz CT molecular complexity index is 173. The highest BCUT2D eigenvalue weighted by Gasteiger charge is 2.11. The zero-order valence-electron chi connectivity index (χ0n) is 8.79. The molecule has 0 aromatic heterocycles. The van der Waals surface area contributed by atoms with Crippen molar-refractivity contribution in [2.24, 2.45) is 5.92 Å². The van der Waals surface area contributed by atoms with Gasteiger partial charge >= 0.3 is 0 Å². The Hall–Kier alpha value is -0.630. The van der Waals surface area contributed by atoms with E-state index in [1.54, 1.807) is 13.0 Å². The highest BCUT2D eigenvalue weighted by Crippen LogP contribution is 2.14. The predicted molar refractivity (Wildman–Crippen MR) is 54.5 cm³/mol. The van der Waals surface area contributed by atoms with Crippen molar-refractivity contribution < 1.29 is 9.90 Å². The molecule has 0 saturated carbocycles. The molecule has 0 aromatic carbocycles. The van der Waals surface area contributed by atoms with Crippen LogP contribution in [0.2, 0.25) is 0 Å². The van der Waals surface area contributed by atoms with Crippen molar-refractivity contribution in [2.75, 3.05) is 0 Å². The third kappa shape index (κ3) is 5.58. The van der Waals surface area contributed by atoms with Crippen LogP contribution in [0.1, 0.15) is 40.0 Å². The van der Waals surface area contributed by atoms with Gasteiger partial charge in [-0.1, -0.05) is 26.3 Å². The van der Waals surface area contributed by atoms with Gasteiger partial charge < -0.3 is 5.11 Å². The smallest absolute Gasteiger partial charge is 0.145 e. The summed E-state index contributed by atoms with van der Waals surface area (Å²) in [6, 6.07) is 0. The first kappa shape index (κ1) is 12.4. The number of rotatable bonds is 6. The van der Waals surface area contributed by atoms with Crippen LogP contribution in [-0.4, -0.2) is 17.5 Å². The van der Waals surface area contributed by atoms with Crippen molar-refractivity contribution in [2.45, 2.75) is 46.1 Å². The Morgan fingerprint density at radius 3 is 2.62 bits per heavy atom. The largest absolute Gasteiger partial charge is 0.393 e. The van der Waals surface area contributed by atoms with Gasteiger partial charge in [0.2, 0.25) is 0 Å². The summed E-state index contributed by atoms with van der Waals surface area (Å²) < 4.78 is 0. The van der Waals surface area contributed by atoms with E-state index in [4.69, 9.17) is 0 Å². The summed E-state index contributed by atoms with van der Waals surface area (Å²) in [7, 11) is 0. The summed E-state index contributed by atoms with van der Waals surface area (Å²) in [6.45, 7) is 5.90. The quantitative estimate of drug-likeness (QED) is 0.508. The molecule has 76 valence electrons. The second-order valence-corrected chi connectivity index (χ2v) is 3.64. The number of hydrogen-bond donors (Lipinski definition) is 1. The zero-order valence-corrected chi connectivity index (χ0v) is 8.79. The van der Waals surface area contributed by atoms with E-state index in [9.17, 15) is 9.90 Å². The van der Waals surface area contributed by atoms with E-state index >= 15 is 0 Å². The monoisotopic (exact) mass is 184 g/mol. The van der Waals surface area contributed by atoms with Crippen LogP contribution in [0.15, 0.2) is 11.6 Å². The van der Waals surface area contributed by atoms with Gasteiger partial charge in [-0.15, -0.1) is 0 Å². The van der Waals surface area contributed by atoms with E-state index < -0.39 is 0 Å². The fourth-order valence-electron chi connectivity index (χ4n) is 1.23. The summed E-state index contributed by atoms with van der Waals surface area (Å²) in [5.74, 6) is 0.320. The summed E-state index contributed by atoms with van der Waals surface area (Å²) in [5, 5.41) is 9.63. The van der Waals surface area contributed by atoms with Crippen LogP contribution in [0.4, 0.5) is 0 Å². The summed E-state index contributed by atoms with van der Waals surface area (Å²) in [5.41, 5.74) is 0.697. The third-order valence-electron chi connectivity index (χ3n) is 2.27.